The maximum Gasteiger partial charge on any atom is 0.303 e. The minimum absolute atomic E-state index is 0.176. The molecule has 0 heterocycles. The summed E-state index contributed by atoms with van der Waals surface area (Å²) >= 11 is 0. The summed E-state index contributed by atoms with van der Waals surface area (Å²) in [6, 6.07) is 0. The fraction of sp³-hybridized carbons (Fsp3) is 0.889. The van der Waals surface area contributed by atoms with Crippen molar-refractivity contribution < 1.29 is 15.0 Å². The minimum Gasteiger partial charge on any atom is -0.481 e. The van der Waals surface area contributed by atoms with Gasteiger partial charge < -0.3 is 15.5 Å². The van der Waals surface area contributed by atoms with Crippen molar-refractivity contribution in [2.75, 3.05) is 19.7 Å². The average molecular weight is 190 g/mol. The number of aliphatic hydroxyl groups excluding tert-OH is 1. The number of carboxylic acid groups (broad SMARTS) is 1. The first-order valence-corrected chi connectivity index (χ1v) is 4.79. The number of carbonyl (C=O) groups is 1. The molecule has 3 N–H and O–H groups in total. The summed E-state index contributed by atoms with van der Waals surface area (Å²) in [4.78, 5) is 10.5. The van der Waals surface area contributed by atoms with E-state index in [1.807, 2.05) is 0 Å². The van der Waals surface area contributed by atoms with Crippen LogP contribution in [-0.4, -0.2) is 35.9 Å². The molecule has 0 fully saturated rings. The van der Waals surface area contributed by atoms with Gasteiger partial charge in [0.15, 0.2) is 0 Å². The number of carboxylic acids is 1. The van der Waals surface area contributed by atoms with Crippen molar-refractivity contribution in [1.82, 2.24) is 5.32 Å². The van der Waals surface area contributed by atoms with Gasteiger partial charge in [-0.25, -0.2) is 0 Å². The second-order valence-electron chi connectivity index (χ2n) is 3.01. The molecule has 0 aliphatic heterocycles. The molecule has 0 bridgehead atoms. The molecule has 0 saturated carbocycles. The van der Waals surface area contributed by atoms with Crippen LogP contribution >= 0.6 is 0 Å². The van der Waals surface area contributed by atoms with Gasteiger partial charge in [-0.1, -0.05) is 12.8 Å². The number of aliphatic hydroxyl groups is 1. The van der Waals surface area contributed by atoms with Gasteiger partial charge in [-0.15, -0.1) is 0 Å². The molecule has 78 valence electrons. The van der Waals surface area contributed by atoms with E-state index in [9.17, 15) is 4.79 Å². The fourth-order valence-electron chi connectivity index (χ4n) is 1.08. The lowest BCUT2D eigenvalue weighted by atomic mass is 10.1. The average Bonchev–Trinajstić information content (AvgIpc) is 2.21. The molecule has 0 spiro atoms. The Bertz CT molecular complexity index is 144. The van der Waals surface area contributed by atoms with Crippen LogP contribution in [0.1, 0.15) is 32.1 Å². The smallest absolute Gasteiger partial charge is 0.303 e. The van der Waals surface area contributed by atoms with E-state index in [1.165, 1.54) is 0 Å². The van der Waals surface area contributed by atoms with Crippen molar-refractivity contribution in [2.24, 2.45) is 0 Å². The van der Waals surface area contributed by atoms with Gasteiger partial charge in [0.25, 0.3) is 1.43 Å². The molecule has 0 aromatic heterocycles. The van der Waals surface area contributed by atoms with Crippen LogP contribution in [0.5, 0.6) is 0 Å². The molecule has 0 radical (unpaired) electrons. The summed E-state index contributed by atoms with van der Waals surface area (Å²) in [6.07, 6.45) is 4.22. The number of unbranched alkanes of at least 4 members (excludes halogenated alkanes) is 3. The molecule has 0 rings (SSSR count). The Kier molecular flexibility index (Phi) is 7.63. The normalized spacial score (nSPS) is 11.0. The predicted molar refractivity (Wildman–Crippen MR) is 50.7 cm³/mol. The zero-order valence-corrected chi connectivity index (χ0v) is 7.92. The third-order valence-corrected chi connectivity index (χ3v) is 1.77. The second-order valence-corrected chi connectivity index (χ2v) is 3.01. The molecular formula is C9H19NO3. The first-order chi connectivity index (χ1) is 6.81. The highest BCUT2D eigenvalue weighted by Crippen LogP contribution is 2.01. The molecule has 0 saturated heterocycles. The highest BCUT2D eigenvalue weighted by atomic mass is 16.4. The molecule has 0 aliphatic carbocycles. The zero-order chi connectivity index (χ0) is 10.6. The van der Waals surface area contributed by atoms with E-state index in [0.29, 0.717) is 13.0 Å². The SMILES string of the molecule is [2H]OC(=O)CCCCCCNCCO. The summed E-state index contributed by atoms with van der Waals surface area (Å²) in [7, 11) is 0. The molecule has 0 aromatic carbocycles. The Labute approximate surface area is 80.5 Å². The summed E-state index contributed by atoms with van der Waals surface area (Å²) in [6.45, 7) is 1.73. The van der Waals surface area contributed by atoms with Crippen LogP contribution < -0.4 is 5.32 Å². The summed E-state index contributed by atoms with van der Waals surface area (Å²) in [5.41, 5.74) is 0. The number of rotatable bonds is 9. The number of aliphatic carboxylic acids is 1. The van der Waals surface area contributed by atoms with Crippen LogP contribution in [0.4, 0.5) is 0 Å². The zero-order valence-electron chi connectivity index (χ0n) is 8.92. The molecule has 4 nitrogen and oxygen atoms in total. The molecule has 0 aromatic rings. The van der Waals surface area contributed by atoms with Crippen molar-refractivity contribution in [1.29, 1.82) is 1.43 Å². The van der Waals surface area contributed by atoms with Gasteiger partial charge >= 0.3 is 5.97 Å². The van der Waals surface area contributed by atoms with E-state index in [1.54, 1.807) is 0 Å². The maximum absolute atomic E-state index is 10.5. The highest BCUT2D eigenvalue weighted by molar-refractivity contribution is 5.66. The topological polar surface area (TPSA) is 69.6 Å². The number of hydrogen-bond donors (Lipinski definition) is 3. The number of nitrogens with one attached hydrogen (secondary N) is 1. The molecule has 0 unspecified atom stereocenters. The third-order valence-electron chi connectivity index (χ3n) is 1.77. The summed E-state index contributed by atoms with van der Waals surface area (Å²) < 4.78 is 6.32. The van der Waals surface area contributed by atoms with E-state index < -0.39 is 5.97 Å². The first-order valence-electron chi connectivity index (χ1n) is 5.19. The molecule has 0 amide bonds. The quantitative estimate of drug-likeness (QED) is 0.466. The van der Waals surface area contributed by atoms with Crippen LogP contribution in [-0.2, 0) is 4.79 Å². The van der Waals surface area contributed by atoms with Crippen LogP contribution in [0.25, 0.3) is 1.43 Å². The van der Waals surface area contributed by atoms with Crippen molar-refractivity contribution in [3.05, 3.63) is 0 Å². The lowest BCUT2D eigenvalue weighted by Gasteiger charge is -2.01. The van der Waals surface area contributed by atoms with Crippen LogP contribution in [0.15, 0.2) is 0 Å². The minimum atomic E-state index is -0.455. The largest absolute Gasteiger partial charge is 0.481 e. The van der Waals surface area contributed by atoms with Gasteiger partial charge in [0.1, 0.15) is 0 Å². The van der Waals surface area contributed by atoms with Crippen LogP contribution in [0.3, 0.4) is 0 Å². The standard InChI is InChI=1S/C9H19NO3/c11-8-7-10-6-4-2-1-3-5-9(12)13/h10-11H,1-8H2,(H,12,13)/i/hD. The number of hydrogen-bond acceptors (Lipinski definition) is 4. The van der Waals surface area contributed by atoms with Crippen LogP contribution in [0, 0.1) is 0 Å². The Morgan fingerprint density at radius 3 is 2.69 bits per heavy atom. The monoisotopic (exact) mass is 190 g/mol. The first kappa shape index (κ1) is 10.5. The van der Waals surface area contributed by atoms with E-state index in [2.05, 4.69) is 10.4 Å². The van der Waals surface area contributed by atoms with Gasteiger partial charge in [0.05, 0.1) is 6.61 Å². The molecular weight excluding hydrogens is 170 g/mol. The maximum atomic E-state index is 10.5. The Balaban J connectivity index is 2.95. The van der Waals surface area contributed by atoms with Crippen molar-refractivity contribution in [2.45, 2.75) is 32.1 Å². The molecule has 0 atom stereocenters. The van der Waals surface area contributed by atoms with Gasteiger partial charge in [0, 0.05) is 13.0 Å². The van der Waals surface area contributed by atoms with E-state index in [4.69, 9.17) is 6.54 Å². The summed E-state index contributed by atoms with van der Waals surface area (Å²) in [5, 5.41) is 15.3. The fourth-order valence-corrected chi connectivity index (χ4v) is 1.08. The molecule has 13 heavy (non-hydrogen) atoms. The Morgan fingerprint density at radius 1 is 1.23 bits per heavy atom. The van der Waals surface area contributed by atoms with Gasteiger partial charge in [-0.2, -0.15) is 0 Å². The van der Waals surface area contributed by atoms with E-state index in [0.717, 1.165) is 32.2 Å². The second kappa shape index (κ2) is 9.48. The Hall–Kier alpha value is -0.610. The van der Waals surface area contributed by atoms with E-state index >= 15 is 0 Å². The highest BCUT2D eigenvalue weighted by Gasteiger charge is 1.95. The Morgan fingerprint density at radius 2 is 2.00 bits per heavy atom. The molecule has 4 heteroatoms. The van der Waals surface area contributed by atoms with E-state index in [-0.39, 0.29) is 6.61 Å². The van der Waals surface area contributed by atoms with Gasteiger partial charge in [-0.05, 0) is 19.4 Å². The molecule has 0 aliphatic rings. The van der Waals surface area contributed by atoms with Crippen molar-refractivity contribution >= 4 is 5.97 Å². The van der Waals surface area contributed by atoms with Gasteiger partial charge in [0.2, 0.25) is 0 Å². The predicted octanol–water partition coefficient (Wildman–Crippen LogP) is 0.603. The van der Waals surface area contributed by atoms with Crippen molar-refractivity contribution in [3.63, 3.8) is 0 Å². The third kappa shape index (κ3) is 11.4. The van der Waals surface area contributed by atoms with Crippen LogP contribution in [0.2, 0.25) is 0 Å². The van der Waals surface area contributed by atoms with Gasteiger partial charge in [-0.3, -0.25) is 4.79 Å². The lowest BCUT2D eigenvalue weighted by molar-refractivity contribution is -0.137. The van der Waals surface area contributed by atoms with Crippen molar-refractivity contribution in [3.8, 4) is 0 Å². The lowest BCUT2D eigenvalue weighted by Crippen LogP contribution is -2.19. The summed E-state index contributed by atoms with van der Waals surface area (Å²) in [5.74, 6) is -0.455.